The minimum absolute atomic E-state index is 0.427. The van der Waals surface area contributed by atoms with Crippen molar-refractivity contribution < 1.29 is 0 Å². The predicted octanol–water partition coefficient (Wildman–Crippen LogP) is 2.35. The third kappa shape index (κ3) is 3.07. The van der Waals surface area contributed by atoms with Gasteiger partial charge in [-0.05, 0) is 39.2 Å². The first-order valence-corrected chi connectivity index (χ1v) is 7.07. The van der Waals surface area contributed by atoms with Gasteiger partial charge in [-0.15, -0.1) is 0 Å². The van der Waals surface area contributed by atoms with E-state index in [1.165, 1.54) is 0 Å². The highest BCUT2D eigenvalue weighted by Gasteiger charge is 2.13. The van der Waals surface area contributed by atoms with Gasteiger partial charge in [0.2, 0.25) is 0 Å². The summed E-state index contributed by atoms with van der Waals surface area (Å²) < 4.78 is 1.93. The molecule has 0 saturated carbocycles. The van der Waals surface area contributed by atoms with Gasteiger partial charge in [0, 0.05) is 12.6 Å². The Hall–Kier alpha value is -0.840. The zero-order valence-corrected chi connectivity index (χ0v) is 11.4. The van der Waals surface area contributed by atoms with Gasteiger partial charge in [0.25, 0.3) is 0 Å². The largest absolute Gasteiger partial charge is 0.394 e. The minimum Gasteiger partial charge on any atom is -0.394 e. The lowest BCUT2D eigenvalue weighted by Gasteiger charge is -2.16. The van der Waals surface area contributed by atoms with Crippen molar-refractivity contribution >= 4 is 23.3 Å². The number of nitrogens with zero attached hydrogens (tertiary/aromatic N) is 2. The molecule has 5 heteroatoms. The van der Waals surface area contributed by atoms with E-state index in [1.54, 1.807) is 0 Å². The number of aryl methyl sites for hydroxylation is 2. The van der Waals surface area contributed by atoms with Crippen molar-refractivity contribution in [3.8, 4) is 0 Å². The van der Waals surface area contributed by atoms with E-state index in [2.05, 4.69) is 30.5 Å². The third-order valence-corrected chi connectivity index (χ3v) is 3.26. The van der Waals surface area contributed by atoms with E-state index < -0.39 is 0 Å². The fraction of sp³-hybridized carbons (Fsp3) is 0.727. The minimum atomic E-state index is 0.427. The summed E-state index contributed by atoms with van der Waals surface area (Å²) in [6, 6.07) is 0.427. The number of aromatic nitrogens is 2. The van der Waals surface area contributed by atoms with Crippen LogP contribution in [0, 0.1) is 6.92 Å². The van der Waals surface area contributed by atoms with Crippen LogP contribution < -0.4 is 11.1 Å². The smallest absolute Gasteiger partial charge is 0.148 e. The average molecular weight is 242 g/mol. The number of nitrogens with one attached hydrogen (secondary N) is 1. The molecule has 16 heavy (non-hydrogen) atoms. The maximum absolute atomic E-state index is 6.00. The van der Waals surface area contributed by atoms with E-state index >= 15 is 0 Å². The molecule has 1 atom stereocenters. The molecule has 0 saturated heterocycles. The molecule has 1 unspecified atom stereocenters. The van der Waals surface area contributed by atoms with Gasteiger partial charge < -0.3 is 11.1 Å². The number of hydrogen-bond donors (Lipinski definition) is 2. The van der Waals surface area contributed by atoms with Gasteiger partial charge in [0.05, 0.1) is 11.4 Å². The Morgan fingerprint density at radius 3 is 2.81 bits per heavy atom. The monoisotopic (exact) mass is 242 g/mol. The van der Waals surface area contributed by atoms with Gasteiger partial charge in [-0.3, -0.25) is 0 Å². The number of thioether (sulfide) groups is 1. The van der Waals surface area contributed by atoms with Crippen LogP contribution in [0.15, 0.2) is 0 Å². The second-order valence-corrected chi connectivity index (χ2v) is 4.98. The van der Waals surface area contributed by atoms with Crippen LogP contribution in [0.25, 0.3) is 0 Å². The molecular weight excluding hydrogens is 220 g/mol. The third-order valence-electron chi connectivity index (χ3n) is 2.61. The topological polar surface area (TPSA) is 55.9 Å². The van der Waals surface area contributed by atoms with Crippen LogP contribution in [0.4, 0.5) is 11.5 Å². The Morgan fingerprint density at radius 2 is 2.25 bits per heavy atom. The van der Waals surface area contributed by atoms with Crippen molar-refractivity contribution in [2.24, 2.45) is 0 Å². The van der Waals surface area contributed by atoms with E-state index in [1.807, 2.05) is 23.4 Å². The summed E-state index contributed by atoms with van der Waals surface area (Å²) in [4.78, 5) is 0. The molecule has 3 N–H and O–H groups in total. The first kappa shape index (κ1) is 13.2. The normalized spacial score (nSPS) is 12.8. The Balaban J connectivity index is 2.71. The second-order valence-electron chi connectivity index (χ2n) is 3.99. The number of rotatable bonds is 6. The number of hydrogen-bond acceptors (Lipinski definition) is 4. The Bertz CT molecular complexity index is 335. The van der Waals surface area contributed by atoms with E-state index in [4.69, 9.17) is 5.73 Å². The maximum Gasteiger partial charge on any atom is 0.148 e. The lowest BCUT2D eigenvalue weighted by atomic mass is 10.2. The molecule has 1 aromatic heterocycles. The molecule has 92 valence electrons. The fourth-order valence-electron chi connectivity index (χ4n) is 1.58. The molecule has 0 amide bonds. The van der Waals surface area contributed by atoms with Gasteiger partial charge in [0.15, 0.2) is 0 Å². The highest BCUT2D eigenvalue weighted by Crippen LogP contribution is 2.23. The van der Waals surface area contributed by atoms with Crippen molar-refractivity contribution in [1.82, 2.24) is 9.78 Å². The Kier molecular flexibility index (Phi) is 4.99. The second kappa shape index (κ2) is 6.03. The van der Waals surface area contributed by atoms with E-state index in [0.29, 0.717) is 6.04 Å². The van der Waals surface area contributed by atoms with Gasteiger partial charge in [-0.1, -0.05) is 0 Å². The number of anilines is 2. The zero-order chi connectivity index (χ0) is 12.1. The maximum atomic E-state index is 6.00. The van der Waals surface area contributed by atoms with Crippen molar-refractivity contribution in [2.45, 2.75) is 39.8 Å². The molecule has 1 rings (SSSR count). The Morgan fingerprint density at radius 1 is 1.56 bits per heavy atom. The molecule has 0 aromatic carbocycles. The molecule has 0 aliphatic rings. The summed E-state index contributed by atoms with van der Waals surface area (Å²) in [7, 11) is 0. The average Bonchev–Trinajstić information content (AvgIpc) is 2.54. The number of nitrogens with two attached hydrogens (primary N) is 1. The summed E-state index contributed by atoms with van der Waals surface area (Å²) in [5, 5.41) is 7.83. The van der Waals surface area contributed by atoms with Crippen LogP contribution >= 0.6 is 11.8 Å². The molecule has 4 nitrogen and oxygen atoms in total. The van der Waals surface area contributed by atoms with Crippen LogP contribution in [0.1, 0.15) is 26.0 Å². The van der Waals surface area contributed by atoms with Gasteiger partial charge in [-0.2, -0.15) is 16.9 Å². The van der Waals surface area contributed by atoms with Crippen molar-refractivity contribution in [2.75, 3.05) is 23.1 Å². The molecule has 0 fully saturated rings. The Labute approximate surface area is 102 Å². The molecule has 0 spiro atoms. The van der Waals surface area contributed by atoms with Crippen LogP contribution in [0.3, 0.4) is 0 Å². The van der Waals surface area contributed by atoms with E-state index in [9.17, 15) is 0 Å². The summed E-state index contributed by atoms with van der Waals surface area (Å²) in [6.07, 6.45) is 3.26. The van der Waals surface area contributed by atoms with Crippen LogP contribution in [-0.4, -0.2) is 27.8 Å². The van der Waals surface area contributed by atoms with Crippen molar-refractivity contribution in [3.63, 3.8) is 0 Å². The van der Waals surface area contributed by atoms with Crippen molar-refractivity contribution in [3.05, 3.63) is 5.69 Å². The zero-order valence-electron chi connectivity index (χ0n) is 10.6. The summed E-state index contributed by atoms with van der Waals surface area (Å²) in [5.74, 6) is 2.13. The predicted molar refractivity (Wildman–Crippen MR) is 73.1 cm³/mol. The summed E-state index contributed by atoms with van der Waals surface area (Å²) >= 11 is 1.87. The standard InChI is InChI=1S/C11H22N4S/c1-5-15-11(10(12)9(3)14-15)13-8(2)6-7-16-4/h8,13H,5-7,12H2,1-4H3. The van der Waals surface area contributed by atoms with Crippen LogP contribution in [0.5, 0.6) is 0 Å². The van der Waals surface area contributed by atoms with E-state index in [-0.39, 0.29) is 0 Å². The summed E-state index contributed by atoms with van der Waals surface area (Å²) in [5.41, 5.74) is 7.68. The molecule has 0 radical (unpaired) electrons. The van der Waals surface area contributed by atoms with Gasteiger partial charge in [-0.25, -0.2) is 4.68 Å². The highest BCUT2D eigenvalue weighted by molar-refractivity contribution is 7.98. The lowest BCUT2D eigenvalue weighted by molar-refractivity contribution is 0.645. The van der Waals surface area contributed by atoms with Crippen LogP contribution in [-0.2, 0) is 6.54 Å². The van der Waals surface area contributed by atoms with E-state index in [0.717, 1.165) is 35.9 Å². The highest BCUT2D eigenvalue weighted by atomic mass is 32.2. The first-order valence-electron chi connectivity index (χ1n) is 5.68. The number of nitrogen functional groups attached to an aromatic ring is 1. The van der Waals surface area contributed by atoms with Gasteiger partial charge in [0.1, 0.15) is 5.82 Å². The molecular formula is C11H22N4S. The fourth-order valence-corrected chi connectivity index (χ4v) is 2.17. The summed E-state index contributed by atoms with van der Waals surface area (Å²) in [6.45, 7) is 7.04. The van der Waals surface area contributed by atoms with Crippen molar-refractivity contribution in [1.29, 1.82) is 0 Å². The first-order chi connectivity index (χ1) is 7.60. The quantitative estimate of drug-likeness (QED) is 0.804. The SMILES string of the molecule is CCn1nc(C)c(N)c1NC(C)CCSC. The molecule has 1 aromatic rings. The molecule has 0 bridgehead atoms. The molecule has 1 heterocycles. The molecule has 0 aliphatic carbocycles. The van der Waals surface area contributed by atoms with Crippen LogP contribution in [0.2, 0.25) is 0 Å². The molecule has 0 aliphatic heterocycles. The lowest BCUT2D eigenvalue weighted by Crippen LogP contribution is -2.19. The van der Waals surface area contributed by atoms with Gasteiger partial charge >= 0.3 is 0 Å².